The van der Waals surface area contributed by atoms with Gasteiger partial charge in [-0.15, -0.1) is 0 Å². The van der Waals surface area contributed by atoms with E-state index in [0.29, 0.717) is 47.5 Å². The third-order valence-corrected chi connectivity index (χ3v) is 7.58. The minimum absolute atomic E-state index is 0.00769. The number of nitrogens with zero attached hydrogens (tertiary/aromatic N) is 3. The van der Waals surface area contributed by atoms with E-state index in [9.17, 15) is 19.5 Å². The Hall–Kier alpha value is -4.51. The molecule has 0 spiro atoms. The van der Waals surface area contributed by atoms with E-state index >= 15 is 0 Å². The largest absolute Gasteiger partial charge is 0.507 e. The van der Waals surface area contributed by atoms with Crippen LogP contribution in [0.15, 0.2) is 61.0 Å². The highest BCUT2D eigenvalue weighted by atomic mass is 32.1. The Labute approximate surface area is 248 Å². The van der Waals surface area contributed by atoms with E-state index in [2.05, 4.69) is 30.4 Å². The molecule has 0 bridgehead atoms. The number of anilines is 1. The molecule has 4 rings (SSSR count). The van der Waals surface area contributed by atoms with E-state index in [1.54, 1.807) is 37.3 Å². The molecule has 3 heterocycles. The van der Waals surface area contributed by atoms with Crippen molar-refractivity contribution in [3.05, 3.63) is 82.7 Å². The van der Waals surface area contributed by atoms with Crippen molar-refractivity contribution in [2.45, 2.75) is 40.2 Å². The molecule has 1 aliphatic rings. The first kappa shape index (κ1) is 30.4. The molecule has 1 unspecified atom stereocenters. The maximum absolute atomic E-state index is 13.6. The summed E-state index contributed by atoms with van der Waals surface area (Å²) in [7, 11) is 0. The number of hydrogen-bond acceptors (Lipinski definition) is 10. The molecule has 1 fully saturated rings. The SMILES string of the molecule is C=CCOC(=O)c1sc(N2C(=O)C(=O)/C(=C(/O)c3ccncc3)C2c2ccc(OCCC(C)C)c(OCC)c2)nc1C. The number of carbonyl (C=O) groups is 3. The summed E-state index contributed by atoms with van der Waals surface area (Å²) < 4.78 is 17.0. The number of thiazole rings is 1. The predicted octanol–water partition coefficient (Wildman–Crippen LogP) is 5.64. The molecule has 1 amide bonds. The molecular weight excluding hydrogens is 558 g/mol. The first-order valence-electron chi connectivity index (χ1n) is 13.5. The molecule has 1 aliphatic heterocycles. The van der Waals surface area contributed by atoms with Crippen molar-refractivity contribution in [2.24, 2.45) is 5.92 Å². The van der Waals surface area contributed by atoms with E-state index in [1.165, 1.54) is 23.4 Å². The average molecular weight is 592 g/mol. The Kier molecular flexibility index (Phi) is 9.74. The molecule has 220 valence electrons. The van der Waals surface area contributed by atoms with Crippen LogP contribution in [0.4, 0.5) is 5.13 Å². The van der Waals surface area contributed by atoms with Crippen molar-refractivity contribution in [1.29, 1.82) is 0 Å². The van der Waals surface area contributed by atoms with Crippen LogP contribution in [0, 0.1) is 12.8 Å². The number of aliphatic hydroxyl groups excluding tert-OH is 1. The molecule has 1 atom stereocenters. The third-order valence-electron chi connectivity index (χ3n) is 6.44. The molecule has 1 aromatic carbocycles. The normalized spacial score (nSPS) is 16.1. The van der Waals surface area contributed by atoms with Crippen LogP contribution in [-0.4, -0.2) is 52.6 Å². The van der Waals surface area contributed by atoms with Crippen molar-refractivity contribution in [2.75, 3.05) is 24.7 Å². The number of esters is 1. The first-order valence-corrected chi connectivity index (χ1v) is 14.4. The standard InChI is InChI=1S/C31H33N3O7S/c1-6-15-41-30(38)28-19(5)33-31(42-28)34-25(24(27(36)29(34)37)26(35)20-10-13-32-14-11-20)21-8-9-22(23(17-21)39-7-2)40-16-12-18(3)4/h6,8-11,13-14,17-18,25,35H,1,7,12,15-16H2,2-5H3/b26-24+. The summed E-state index contributed by atoms with van der Waals surface area (Å²) in [4.78, 5) is 49.6. The molecule has 0 saturated carbocycles. The second-order valence-corrected chi connectivity index (χ2v) is 10.9. The van der Waals surface area contributed by atoms with Gasteiger partial charge in [-0.1, -0.05) is 43.9 Å². The number of pyridine rings is 1. The van der Waals surface area contributed by atoms with Crippen LogP contribution in [0.3, 0.4) is 0 Å². The second kappa shape index (κ2) is 13.4. The van der Waals surface area contributed by atoms with Crippen molar-refractivity contribution >= 4 is 39.9 Å². The smallest absolute Gasteiger partial charge is 0.350 e. The van der Waals surface area contributed by atoms with E-state index < -0.39 is 23.7 Å². The number of Topliss-reactive ketones (excluding diaryl/α,β-unsaturated/α-hetero) is 1. The number of ketones is 1. The number of aromatic nitrogens is 2. The maximum atomic E-state index is 13.6. The molecule has 42 heavy (non-hydrogen) atoms. The summed E-state index contributed by atoms with van der Waals surface area (Å²) in [6.07, 6.45) is 5.24. The quantitative estimate of drug-likeness (QED) is 0.0936. The number of ether oxygens (including phenoxy) is 3. The highest BCUT2D eigenvalue weighted by molar-refractivity contribution is 7.17. The van der Waals surface area contributed by atoms with Crippen LogP contribution in [0.1, 0.15) is 59.7 Å². The Morgan fingerprint density at radius 1 is 1.17 bits per heavy atom. The van der Waals surface area contributed by atoms with Gasteiger partial charge < -0.3 is 19.3 Å². The zero-order valence-electron chi connectivity index (χ0n) is 24.0. The van der Waals surface area contributed by atoms with Crippen LogP contribution in [0.25, 0.3) is 5.76 Å². The van der Waals surface area contributed by atoms with Gasteiger partial charge >= 0.3 is 11.9 Å². The van der Waals surface area contributed by atoms with Crippen molar-refractivity contribution in [3.8, 4) is 11.5 Å². The van der Waals surface area contributed by atoms with Gasteiger partial charge in [0.2, 0.25) is 0 Å². The monoisotopic (exact) mass is 591 g/mol. The highest BCUT2D eigenvalue weighted by Crippen LogP contribution is 2.45. The lowest BCUT2D eigenvalue weighted by Crippen LogP contribution is -2.29. The summed E-state index contributed by atoms with van der Waals surface area (Å²) >= 11 is 0.923. The van der Waals surface area contributed by atoms with E-state index in [0.717, 1.165) is 17.8 Å². The number of amides is 1. The van der Waals surface area contributed by atoms with Crippen molar-refractivity contribution in [3.63, 3.8) is 0 Å². The summed E-state index contributed by atoms with van der Waals surface area (Å²) in [5.74, 6) is -1.38. The number of rotatable bonds is 12. The van der Waals surface area contributed by atoms with Crippen LogP contribution in [0.2, 0.25) is 0 Å². The Morgan fingerprint density at radius 3 is 2.57 bits per heavy atom. The summed E-state index contributed by atoms with van der Waals surface area (Å²) in [6.45, 7) is 12.1. The fourth-order valence-corrected chi connectivity index (χ4v) is 5.36. The predicted molar refractivity (Wildman–Crippen MR) is 159 cm³/mol. The van der Waals surface area contributed by atoms with E-state index in [4.69, 9.17) is 14.2 Å². The third kappa shape index (κ3) is 6.36. The van der Waals surface area contributed by atoms with Gasteiger partial charge in [0.15, 0.2) is 16.6 Å². The van der Waals surface area contributed by atoms with Crippen LogP contribution in [0.5, 0.6) is 11.5 Å². The molecule has 3 aromatic rings. The van der Waals surface area contributed by atoms with Crippen LogP contribution < -0.4 is 14.4 Å². The Morgan fingerprint density at radius 2 is 1.90 bits per heavy atom. The molecule has 1 N–H and O–H groups in total. The Bertz CT molecular complexity index is 1510. The van der Waals surface area contributed by atoms with E-state index in [1.807, 2.05) is 6.92 Å². The lowest BCUT2D eigenvalue weighted by atomic mass is 9.95. The average Bonchev–Trinajstić information content (AvgIpc) is 3.48. The molecule has 0 radical (unpaired) electrons. The number of aryl methyl sites for hydroxylation is 1. The summed E-state index contributed by atoms with van der Waals surface area (Å²) in [6, 6.07) is 7.13. The zero-order chi connectivity index (χ0) is 30.4. The lowest BCUT2D eigenvalue weighted by molar-refractivity contribution is -0.132. The van der Waals surface area contributed by atoms with E-state index in [-0.39, 0.29) is 27.9 Å². The minimum Gasteiger partial charge on any atom is -0.507 e. The summed E-state index contributed by atoms with van der Waals surface area (Å²) in [5.41, 5.74) is 0.997. The van der Waals surface area contributed by atoms with Gasteiger partial charge in [0.05, 0.1) is 30.5 Å². The zero-order valence-corrected chi connectivity index (χ0v) is 24.8. The number of aliphatic hydroxyl groups is 1. The second-order valence-electron chi connectivity index (χ2n) is 9.87. The highest BCUT2D eigenvalue weighted by Gasteiger charge is 2.48. The van der Waals surface area contributed by atoms with Gasteiger partial charge in [-0.2, -0.15) is 0 Å². The first-order chi connectivity index (χ1) is 20.2. The topological polar surface area (TPSA) is 128 Å². The van der Waals surface area contributed by atoms with Gasteiger partial charge in [0, 0.05) is 18.0 Å². The minimum atomic E-state index is -1.08. The van der Waals surface area contributed by atoms with Crippen molar-refractivity contribution in [1.82, 2.24) is 9.97 Å². The number of hydrogen-bond donors (Lipinski definition) is 1. The fraction of sp³-hybridized carbons (Fsp3) is 0.323. The summed E-state index contributed by atoms with van der Waals surface area (Å²) in [5, 5.41) is 11.4. The molecule has 0 aliphatic carbocycles. The molecule has 1 saturated heterocycles. The maximum Gasteiger partial charge on any atom is 0.350 e. The fourth-order valence-electron chi connectivity index (χ4n) is 4.37. The molecule has 10 nitrogen and oxygen atoms in total. The molecule has 2 aromatic heterocycles. The van der Waals surface area contributed by atoms with Gasteiger partial charge in [0.1, 0.15) is 17.2 Å². The molecular formula is C31H33N3O7S. The molecule has 11 heteroatoms. The van der Waals surface area contributed by atoms with Crippen LogP contribution >= 0.6 is 11.3 Å². The van der Waals surface area contributed by atoms with Gasteiger partial charge in [-0.3, -0.25) is 19.5 Å². The van der Waals surface area contributed by atoms with Crippen molar-refractivity contribution < 1.29 is 33.7 Å². The lowest BCUT2D eigenvalue weighted by Gasteiger charge is -2.24. The van der Waals surface area contributed by atoms with Gasteiger partial charge in [-0.25, -0.2) is 9.78 Å². The Balaban J connectivity index is 1.86. The van der Waals surface area contributed by atoms with Gasteiger partial charge in [0.25, 0.3) is 5.78 Å². The van der Waals surface area contributed by atoms with Gasteiger partial charge in [-0.05, 0) is 56.0 Å². The number of carbonyl (C=O) groups excluding carboxylic acids is 3. The number of benzene rings is 1. The van der Waals surface area contributed by atoms with Crippen LogP contribution in [-0.2, 0) is 14.3 Å².